The third kappa shape index (κ3) is 3.53. The summed E-state index contributed by atoms with van der Waals surface area (Å²) in [4.78, 5) is 22.1. The number of anilines is 1. The van der Waals surface area contributed by atoms with E-state index < -0.39 is 23.6 Å². The van der Waals surface area contributed by atoms with Crippen LogP contribution in [0.5, 0.6) is 0 Å². The minimum absolute atomic E-state index is 0.0348. The van der Waals surface area contributed by atoms with E-state index in [1.54, 1.807) is 19.2 Å². The topological polar surface area (TPSA) is 67.8 Å². The highest BCUT2D eigenvalue weighted by Crippen LogP contribution is 2.33. The molecule has 0 spiro atoms. The largest absolute Gasteiger partial charge is 0.437 e. The number of amides is 1. The van der Waals surface area contributed by atoms with Crippen molar-refractivity contribution in [3.63, 3.8) is 0 Å². The molecule has 2 aromatic rings. The van der Waals surface area contributed by atoms with Crippen molar-refractivity contribution in [2.45, 2.75) is 20.0 Å². The number of aromatic nitrogens is 3. The Morgan fingerprint density at radius 2 is 1.95 bits per heavy atom. The zero-order valence-electron chi connectivity index (χ0n) is 11.2. The second-order valence-corrected chi connectivity index (χ2v) is 4.38. The van der Waals surface area contributed by atoms with Gasteiger partial charge in [0.15, 0.2) is 11.5 Å². The molecule has 0 saturated carbocycles. The lowest BCUT2D eigenvalue weighted by Gasteiger charge is -2.12. The van der Waals surface area contributed by atoms with Crippen molar-refractivity contribution in [1.29, 1.82) is 0 Å². The lowest BCUT2D eigenvalue weighted by molar-refractivity contribution is -0.140. The summed E-state index contributed by atoms with van der Waals surface area (Å²) < 4.78 is 39.0. The third-order valence-electron chi connectivity index (χ3n) is 2.51. The van der Waals surface area contributed by atoms with Crippen molar-refractivity contribution in [2.24, 2.45) is 0 Å². The molecule has 0 radical (unpaired) electrons. The molecule has 2 aromatic heterocycles. The van der Waals surface area contributed by atoms with E-state index in [0.717, 1.165) is 18.7 Å². The maximum Gasteiger partial charge on any atom is 0.437 e. The predicted molar refractivity (Wildman–Crippen MR) is 69.3 cm³/mol. The Kier molecular flexibility index (Phi) is 3.88. The summed E-state index contributed by atoms with van der Waals surface area (Å²) in [6.45, 7) is 2.86. The number of alkyl halides is 3. The van der Waals surface area contributed by atoms with E-state index in [4.69, 9.17) is 0 Å². The smallest absolute Gasteiger partial charge is 0.309 e. The molecule has 0 saturated heterocycles. The van der Waals surface area contributed by atoms with Crippen molar-refractivity contribution >= 4 is 11.7 Å². The van der Waals surface area contributed by atoms with E-state index in [-0.39, 0.29) is 5.69 Å². The number of aryl methyl sites for hydroxylation is 1. The zero-order chi connectivity index (χ0) is 15.6. The first-order chi connectivity index (χ1) is 9.77. The Labute approximate surface area is 118 Å². The molecule has 21 heavy (non-hydrogen) atoms. The van der Waals surface area contributed by atoms with Gasteiger partial charge in [-0.05, 0) is 18.6 Å². The van der Waals surface area contributed by atoms with Crippen molar-refractivity contribution in [2.75, 3.05) is 5.32 Å². The lowest BCUT2D eigenvalue weighted by Crippen LogP contribution is -2.17. The number of hydrogen-bond donors (Lipinski definition) is 1. The zero-order valence-corrected chi connectivity index (χ0v) is 11.2. The Morgan fingerprint density at radius 1 is 1.24 bits per heavy atom. The van der Waals surface area contributed by atoms with Gasteiger partial charge in [-0.2, -0.15) is 13.2 Å². The number of carbonyl (C=O) groups excluding carboxylic acids is 1. The van der Waals surface area contributed by atoms with Gasteiger partial charge in [-0.3, -0.25) is 9.78 Å². The fourth-order valence-electron chi connectivity index (χ4n) is 1.68. The normalized spacial score (nSPS) is 11.3. The first-order valence-corrected chi connectivity index (χ1v) is 5.91. The van der Waals surface area contributed by atoms with Crippen LogP contribution in [-0.2, 0) is 11.0 Å². The first-order valence-electron chi connectivity index (χ1n) is 5.91. The SMILES string of the molecule is CC(=O)Nc1ncc(-c2cncc(C)c2)nc1C(F)(F)F. The van der Waals surface area contributed by atoms with Crippen LogP contribution < -0.4 is 5.32 Å². The Bertz CT molecular complexity index is 685. The van der Waals surface area contributed by atoms with Crippen LogP contribution in [-0.4, -0.2) is 20.9 Å². The summed E-state index contributed by atoms with van der Waals surface area (Å²) in [5.74, 6) is -1.26. The van der Waals surface area contributed by atoms with Crippen LogP contribution in [0.1, 0.15) is 18.2 Å². The third-order valence-corrected chi connectivity index (χ3v) is 2.51. The van der Waals surface area contributed by atoms with E-state index >= 15 is 0 Å². The van der Waals surface area contributed by atoms with Crippen LogP contribution in [0.15, 0.2) is 24.7 Å². The van der Waals surface area contributed by atoms with Crippen molar-refractivity contribution in [3.8, 4) is 11.3 Å². The monoisotopic (exact) mass is 296 g/mol. The number of pyridine rings is 1. The van der Waals surface area contributed by atoms with E-state index in [0.29, 0.717) is 5.56 Å². The molecule has 1 amide bonds. The second-order valence-electron chi connectivity index (χ2n) is 4.38. The van der Waals surface area contributed by atoms with Crippen LogP contribution in [0.3, 0.4) is 0 Å². The molecule has 0 unspecified atom stereocenters. The summed E-state index contributed by atoms with van der Waals surface area (Å²) in [7, 11) is 0. The molecule has 2 rings (SSSR count). The van der Waals surface area contributed by atoms with Gasteiger partial charge in [0.05, 0.1) is 11.9 Å². The van der Waals surface area contributed by atoms with Gasteiger partial charge in [0.25, 0.3) is 0 Å². The molecule has 5 nitrogen and oxygen atoms in total. The first kappa shape index (κ1) is 14.9. The molecule has 0 aliphatic carbocycles. The van der Waals surface area contributed by atoms with Crippen molar-refractivity contribution < 1.29 is 18.0 Å². The Hall–Kier alpha value is -2.51. The highest BCUT2D eigenvalue weighted by atomic mass is 19.4. The van der Waals surface area contributed by atoms with E-state index in [2.05, 4.69) is 15.0 Å². The molecule has 0 fully saturated rings. The van der Waals surface area contributed by atoms with Gasteiger partial charge in [-0.15, -0.1) is 0 Å². The molecule has 0 aliphatic rings. The fraction of sp³-hybridized carbons (Fsp3) is 0.231. The molecular formula is C13H11F3N4O. The summed E-state index contributed by atoms with van der Waals surface area (Å²) in [5, 5.41) is 2.02. The number of hydrogen-bond acceptors (Lipinski definition) is 4. The predicted octanol–water partition coefficient (Wildman–Crippen LogP) is 2.82. The van der Waals surface area contributed by atoms with Crippen LogP contribution in [0.25, 0.3) is 11.3 Å². The van der Waals surface area contributed by atoms with Gasteiger partial charge in [-0.1, -0.05) is 0 Å². The van der Waals surface area contributed by atoms with Crippen LogP contribution >= 0.6 is 0 Å². The van der Waals surface area contributed by atoms with Gasteiger partial charge in [-0.25, -0.2) is 9.97 Å². The van der Waals surface area contributed by atoms with Crippen molar-refractivity contribution in [3.05, 3.63) is 35.9 Å². The molecule has 0 bridgehead atoms. The molecule has 110 valence electrons. The van der Waals surface area contributed by atoms with E-state index in [1.807, 2.05) is 5.32 Å². The average Bonchev–Trinajstić information content (AvgIpc) is 2.37. The van der Waals surface area contributed by atoms with Crippen molar-refractivity contribution in [1.82, 2.24) is 15.0 Å². The van der Waals surface area contributed by atoms with Gasteiger partial charge >= 0.3 is 6.18 Å². The maximum atomic E-state index is 13.0. The molecule has 0 aliphatic heterocycles. The number of carbonyl (C=O) groups is 1. The standard InChI is InChI=1S/C13H11F3N4O/c1-7-3-9(5-17-4-7)10-6-18-12(19-8(2)21)11(20-10)13(14,15)16/h3-6H,1-2H3,(H,18,19,21). The highest BCUT2D eigenvalue weighted by Gasteiger charge is 2.37. The maximum absolute atomic E-state index is 13.0. The number of nitrogens with one attached hydrogen (secondary N) is 1. The minimum atomic E-state index is -4.72. The molecule has 0 atom stereocenters. The molecule has 1 N–H and O–H groups in total. The lowest BCUT2D eigenvalue weighted by atomic mass is 10.1. The van der Waals surface area contributed by atoms with Crippen LogP contribution in [0, 0.1) is 6.92 Å². The van der Waals surface area contributed by atoms with E-state index in [9.17, 15) is 18.0 Å². The van der Waals surface area contributed by atoms with Gasteiger partial charge in [0.1, 0.15) is 0 Å². The highest BCUT2D eigenvalue weighted by molar-refractivity contribution is 5.88. The summed E-state index contributed by atoms with van der Waals surface area (Å²) in [6, 6.07) is 1.65. The van der Waals surface area contributed by atoms with Gasteiger partial charge < -0.3 is 5.32 Å². The molecule has 0 aromatic carbocycles. The molecular weight excluding hydrogens is 285 g/mol. The quantitative estimate of drug-likeness (QED) is 0.925. The number of rotatable bonds is 2. The Balaban J connectivity index is 2.54. The fourth-order valence-corrected chi connectivity index (χ4v) is 1.68. The molecule has 8 heteroatoms. The Morgan fingerprint density at radius 3 is 2.52 bits per heavy atom. The summed E-state index contributed by atoms with van der Waals surface area (Å²) >= 11 is 0. The van der Waals surface area contributed by atoms with Crippen LogP contribution in [0.4, 0.5) is 19.0 Å². The van der Waals surface area contributed by atoms with Gasteiger partial charge in [0.2, 0.25) is 5.91 Å². The summed E-state index contributed by atoms with van der Waals surface area (Å²) in [5.41, 5.74) is 0.000467. The van der Waals surface area contributed by atoms with Crippen LogP contribution in [0.2, 0.25) is 0 Å². The average molecular weight is 296 g/mol. The minimum Gasteiger partial charge on any atom is -0.309 e. The number of halogens is 3. The summed E-state index contributed by atoms with van der Waals surface area (Å²) in [6.07, 6.45) is -0.586. The molecule has 2 heterocycles. The van der Waals surface area contributed by atoms with E-state index in [1.165, 1.54) is 6.20 Å². The van der Waals surface area contributed by atoms with Gasteiger partial charge in [0, 0.05) is 24.9 Å². The number of nitrogens with zero attached hydrogens (tertiary/aromatic N) is 3. The second kappa shape index (κ2) is 5.47.